The van der Waals surface area contributed by atoms with Crippen LogP contribution in [0, 0.1) is 12.7 Å². The van der Waals surface area contributed by atoms with Crippen molar-refractivity contribution in [2.45, 2.75) is 13.5 Å². The van der Waals surface area contributed by atoms with Crippen molar-refractivity contribution in [3.05, 3.63) is 33.5 Å². The highest BCUT2D eigenvalue weighted by molar-refractivity contribution is 9.10. The topological polar surface area (TPSA) is 20.2 Å². The number of hydrogen-bond donors (Lipinski definition) is 1. The fourth-order valence-electron chi connectivity index (χ4n) is 0.883. The summed E-state index contributed by atoms with van der Waals surface area (Å²) in [5.74, 6) is -0.368. The zero-order valence-electron chi connectivity index (χ0n) is 6.06. The smallest absolute Gasteiger partial charge is 0.143 e. The minimum absolute atomic E-state index is 0.253. The lowest BCUT2D eigenvalue weighted by Gasteiger charge is -2.04. The van der Waals surface area contributed by atoms with E-state index >= 15 is 0 Å². The molecule has 0 spiro atoms. The number of aryl methyl sites for hydroxylation is 1. The molecule has 0 heterocycles. The Morgan fingerprint density at radius 2 is 2.18 bits per heavy atom. The molecule has 0 amide bonds. The molecule has 0 radical (unpaired) electrons. The molecule has 60 valence electrons. The summed E-state index contributed by atoms with van der Waals surface area (Å²) in [6, 6.07) is 3.39. The van der Waals surface area contributed by atoms with E-state index < -0.39 is 0 Å². The van der Waals surface area contributed by atoms with Gasteiger partial charge in [-0.2, -0.15) is 0 Å². The van der Waals surface area contributed by atoms with Crippen LogP contribution in [0.2, 0.25) is 0 Å². The molecule has 0 aliphatic heterocycles. The Labute approximate surface area is 73.0 Å². The fraction of sp³-hybridized carbons (Fsp3) is 0.250. The van der Waals surface area contributed by atoms with Crippen molar-refractivity contribution in [2.24, 2.45) is 0 Å². The van der Waals surface area contributed by atoms with Crippen molar-refractivity contribution in [1.82, 2.24) is 0 Å². The van der Waals surface area contributed by atoms with Gasteiger partial charge in [-0.1, -0.05) is 6.07 Å². The van der Waals surface area contributed by atoms with E-state index in [1.54, 1.807) is 19.1 Å². The van der Waals surface area contributed by atoms with Gasteiger partial charge in [0.2, 0.25) is 0 Å². The Hall–Kier alpha value is -0.410. The summed E-state index contributed by atoms with van der Waals surface area (Å²) in [6.07, 6.45) is 0. The average molecular weight is 219 g/mol. The number of halogens is 2. The van der Waals surface area contributed by atoms with Gasteiger partial charge in [-0.25, -0.2) is 4.39 Å². The third-order valence-corrected chi connectivity index (χ3v) is 2.20. The minimum Gasteiger partial charge on any atom is -0.392 e. The third kappa shape index (κ3) is 1.60. The first-order valence-electron chi connectivity index (χ1n) is 3.21. The van der Waals surface area contributed by atoms with Crippen LogP contribution in [0.15, 0.2) is 16.6 Å². The molecule has 0 unspecified atom stereocenters. The van der Waals surface area contributed by atoms with Crippen LogP contribution in [0.3, 0.4) is 0 Å². The van der Waals surface area contributed by atoms with Gasteiger partial charge in [0.25, 0.3) is 0 Å². The van der Waals surface area contributed by atoms with Crippen molar-refractivity contribution >= 4 is 15.9 Å². The van der Waals surface area contributed by atoms with Crippen molar-refractivity contribution in [1.29, 1.82) is 0 Å². The summed E-state index contributed by atoms with van der Waals surface area (Å²) >= 11 is 3.03. The highest BCUT2D eigenvalue weighted by atomic mass is 79.9. The molecular formula is C8H8BrFO. The van der Waals surface area contributed by atoms with Gasteiger partial charge >= 0.3 is 0 Å². The average Bonchev–Trinajstić information content (AvgIpc) is 1.99. The largest absolute Gasteiger partial charge is 0.392 e. The Kier molecular flexibility index (Phi) is 2.62. The molecular weight excluding hydrogens is 211 g/mol. The first kappa shape index (κ1) is 8.68. The molecule has 1 aromatic carbocycles. The first-order chi connectivity index (χ1) is 5.16. The van der Waals surface area contributed by atoms with Crippen LogP contribution in [0.25, 0.3) is 0 Å². The molecule has 11 heavy (non-hydrogen) atoms. The Morgan fingerprint density at radius 3 is 2.64 bits per heavy atom. The van der Waals surface area contributed by atoms with Crippen molar-refractivity contribution in [2.75, 3.05) is 0 Å². The van der Waals surface area contributed by atoms with E-state index in [9.17, 15) is 4.39 Å². The monoisotopic (exact) mass is 218 g/mol. The predicted molar refractivity (Wildman–Crippen MR) is 44.8 cm³/mol. The minimum atomic E-state index is -0.368. The third-order valence-electron chi connectivity index (χ3n) is 1.59. The van der Waals surface area contributed by atoms with Gasteiger partial charge < -0.3 is 5.11 Å². The quantitative estimate of drug-likeness (QED) is 0.768. The van der Waals surface area contributed by atoms with Crippen LogP contribution >= 0.6 is 15.9 Å². The van der Waals surface area contributed by atoms with Crippen LogP contribution in [0.4, 0.5) is 4.39 Å². The number of aliphatic hydroxyl groups excluding tert-OH is 1. The van der Waals surface area contributed by atoms with E-state index in [-0.39, 0.29) is 12.4 Å². The number of aliphatic hydroxyl groups is 1. The molecule has 1 N–H and O–H groups in total. The standard InChI is InChI=1S/C8H8BrFO/c1-5-2-3-7(9)8(10)6(5)4-11/h2-3,11H,4H2,1H3. The maximum Gasteiger partial charge on any atom is 0.143 e. The van der Waals surface area contributed by atoms with Crippen molar-refractivity contribution in [3.63, 3.8) is 0 Å². The van der Waals surface area contributed by atoms with E-state index in [0.717, 1.165) is 5.56 Å². The molecule has 0 aliphatic carbocycles. The SMILES string of the molecule is Cc1ccc(Br)c(F)c1CO. The van der Waals surface area contributed by atoms with Gasteiger partial charge in [0.15, 0.2) is 0 Å². The van der Waals surface area contributed by atoms with Gasteiger partial charge in [0.1, 0.15) is 5.82 Å². The number of hydrogen-bond acceptors (Lipinski definition) is 1. The van der Waals surface area contributed by atoms with E-state index in [4.69, 9.17) is 5.11 Å². The molecule has 0 saturated carbocycles. The lowest BCUT2D eigenvalue weighted by atomic mass is 10.1. The maximum atomic E-state index is 13.1. The Balaban J connectivity index is 3.29. The maximum absolute atomic E-state index is 13.1. The zero-order chi connectivity index (χ0) is 8.43. The van der Waals surface area contributed by atoms with Gasteiger partial charge in [-0.3, -0.25) is 0 Å². The van der Waals surface area contributed by atoms with Gasteiger partial charge in [0.05, 0.1) is 11.1 Å². The summed E-state index contributed by atoms with van der Waals surface area (Å²) in [4.78, 5) is 0. The Bertz CT molecular complexity index is 273. The fourth-order valence-corrected chi connectivity index (χ4v) is 1.25. The molecule has 0 fully saturated rings. The highest BCUT2D eigenvalue weighted by Crippen LogP contribution is 2.21. The van der Waals surface area contributed by atoms with Crippen molar-refractivity contribution in [3.8, 4) is 0 Å². The summed E-state index contributed by atoms with van der Waals surface area (Å²) in [6.45, 7) is 1.51. The molecule has 3 heteroatoms. The van der Waals surface area contributed by atoms with Gasteiger partial charge in [-0.15, -0.1) is 0 Å². The molecule has 0 aromatic heterocycles. The first-order valence-corrected chi connectivity index (χ1v) is 4.00. The Morgan fingerprint density at radius 1 is 1.55 bits per heavy atom. The summed E-state index contributed by atoms with van der Waals surface area (Å²) in [5, 5.41) is 8.76. The zero-order valence-corrected chi connectivity index (χ0v) is 7.65. The number of rotatable bonds is 1. The van der Waals surface area contributed by atoms with Crippen LogP contribution in [-0.4, -0.2) is 5.11 Å². The summed E-state index contributed by atoms with van der Waals surface area (Å²) in [5.41, 5.74) is 1.13. The molecule has 0 aliphatic rings. The van der Waals surface area contributed by atoms with Gasteiger partial charge in [-0.05, 0) is 34.5 Å². The molecule has 1 rings (SSSR count). The van der Waals surface area contributed by atoms with Crippen LogP contribution in [-0.2, 0) is 6.61 Å². The van der Waals surface area contributed by atoms with Crippen LogP contribution in [0.1, 0.15) is 11.1 Å². The normalized spacial score (nSPS) is 10.2. The number of benzene rings is 1. The van der Waals surface area contributed by atoms with Crippen LogP contribution < -0.4 is 0 Å². The molecule has 1 nitrogen and oxygen atoms in total. The summed E-state index contributed by atoms with van der Waals surface area (Å²) in [7, 11) is 0. The molecule has 0 saturated heterocycles. The predicted octanol–water partition coefficient (Wildman–Crippen LogP) is 2.39. The molecule has 0 bridgehead atoms. The second-order valence-electron chi connectivity index (χ2n) is 2.31. The van der Waals surface area contributed by atoms with E-state index in [0.29, 0.717) is 10.0 Å². The van der Waals surface area contributed by atoms with Gasteiger partial charge in [0, 0.05) is 5.56 Å². The van der Waals surface area contributed by atoms with Crippen molar-refractivity contribution < 1.29 is 9.50 Å². The second-order valence-corrected chi connectivity index (χ2v) is 3.17. The summed E-state index contributed by atoms with van der Waals surface area (Å²) < 4.78 is 13.5. The van der Waals surface area contributed by atoms with Crippen LogP contribution in [0.5, 0.6) is 0 Å². The molecule has 1 aromatic rings. The van der Waals surface area contributed by atoms with E-state index in [2.05, 4.69) is 15.9 Å². The molecule has 0 atom stereocenters. The van der Waals surface area contributed by atoms with E-state index in [1.807, 2.05) is 0 Å². The highest BCUT2D eigenvalue weighted by Gasteiger charge is 2.07. The second kappa shape index (κ2) is 3.32. The lowest BCUT2D eigenvalue weighted by Crippen LogP contribution is -1.94. The lowest BCUT2D eigenvalue weighted by molar-refractivity contribution is 0.274. The van der Waals surface area contributed by atoms with E-state index in [1.165, 1.54) is 0 Å².